The van der Waals surface area contributed by atoms with E-state index in [4.69, 9.17) is 29.3 Å². The standard InChI is InChI=1S/C26H28N2O4/c1-4-6-22-21-15-25(31-3)24(30-2)14-20(21)18(16-27-22)13-19-10-9-17-7-5-8-23(26(17)28-19)32-12-11-29/h5,7-10,14-16,29H,4,6,11-13H2,1-3H3. The molecular formula is C26H28N2O4. The number of aromatic nitrogens is 2. The molecule has 6 heteroatoms. The highest BCUT2D eigenvalue weighted by atomic mass is 16.5. The second kappa shape index (κ2) is 9.83. The van der Waals surface area contributed by atoms with Crippen molar-refractivity contribution in [3.8, 4) is 17.2 Å². The van der Waals surface area contributed by atoms with Crippen LogP contribution in [-0.4, -0.2) is 42.5 Å². The summed E-state index contributed by atoms with van der Waals surface area (Å²) in [4.78, 5) is 9.64. The van der Waals surface area contributed by atoms with Gasteiger partial charge in [0.15, 0.2) is 11.5 Å². The predicted octanol–water partition coefficient (Wildman–Crippen LogP) is 4.71. The Morgan fingerprint density at radius 2 is 1.72 bits per heavy atom. The first-order valence-corrected chi connectivity index (χ1v) is 10.8. The third-order valence-electron chi connectivity index (χ3n) is 5.50. The van der Waals surface area contributed by atoms with Gasteiger partial charge in [0.05, 0.1) is 20.8 Å². The van der Waals surface area contributed by atoms with Gasteiger partial charge in [0.2, 0.25) is 0 Å². The van der Waals surface area contributed by atoms with Crippen molar-refractivity contribution in [2.75, 3.05) is 27.4 Å². The number of ether oxygens (including phenoxy) is 3. The van der Waals surface area contributed by atoms with Gasteiger partial charge in [-0.1, -0.05) is 31.5 Å². The molecule has 1 N–H and O–H groups in total. The number of methoxy groups -OCH3 is 2. The molecule has 6 nitrogen and oxygen atoms in total. The van der Waals surface area contributed by atoms with E-state index in [0.717, 1.165) is 51.5 Å². The molecular weight excluding hydrogens is 404 g/mol. The van der Waals surface area contributed by atoms with Crippen molar-refractivity contribution in [2.45, 2.75) is 26.2 Å². The van der Waals surface area contributed by atoms with Gasteiger partial charge in [0.1, 0.15) is 17.9 Å². The summed E-state index contributed by atoms with van der Waals surface area (Å²) in [5.41, 5.74) is 3.83. The summed E-state index contributed by atoms with van der Waals surface area (Å²) in [6, 6.07) is 13.9. The van der Waals surface area contributed by atoms with Gasteiger partial charge in [0.25, 0.3) is 0 Å². The Morgan fingerprint density at radius 1 is 0.938 bits per heavy atom. The minimum Gasteiger partial charge on any atom is -0.493 e. The zero-order valence-corrected chi connectivity index (χ0v) is 18.7. The third-order valence-corrected chi connectivity index (χ3v) is 5.50. The lowest BCUT2D eigenvalue weighted by molar-refractivity contribution is 0.202. The van der Waals surface area contributed by atoms with Crippen molar-refractivity contribution in [1.82, 2.24) is 9.97 Å². The molecule has 0 atom stereocenters. The van der Waals surface area contributed by atoms with Crippen LogP contribution < -0.4 is 14.2 Å². The average Bonchev–Trinajstić information content (AvgIpc) is 2.83. The van der Waals surface area contributed by atoms with Gasteiger partial charge in [0, 0.05) is 34.8 Å². The summed E-state index contributed by atoms with van der Waals surface area (Å²) in [6.45, 7) is 2.35. The number of hydrogen-bond donors (Lipinski definition) is 1. The molecule has 4 rings (SSSR count). The third kappa shape index (κ3) is 4.32. The molecule has 0 saturated carbocycles. The zero-order valence-electron chi connectivity index (χ0n) is 18.7. The van der Waals surface area contributed by atoms with E-state index in [0.29, 0.717) is 23.7 Å². The van der Waals surface area contributed by atoms with E-state index >= 15 is 0 Å². The van der Waals surface area contributed by atoms with Crippen LogP contribution in [0.1, 0.15) is 30.3 Å². The van der Waals surface area contributed by atoms with Crippen molar-refractivity contribution in [3.63, 3.8) is 0 Å². The van der Waals surface area contributed by atoms with Gasteiger partial charge < -0.3 is 19.3 Å². The summed E-state index contributed by atoms with van der Waals surface area (Å²) in [7, 11) is 3.30. The summed E-state index contributed by atoms with van der Waals surface area (Å²) < 4.78 is 16.8. The Morgan fingerprint density at radius 3 is 2.44 bits per heavy atom. The van der Waals surface area contributed by atoms with E-state index in [2.05, 4.69) is 6.92 Å². The molecule has 0 spiro atoms. The molecule has 0 aliphatic rings. The number of benzene rings is 2. The molecule has 0 bridgehead atoms. The maximum Gasteiger partial charge on any atom is 0.161 e. The number of rotatable bonds is 9. The predicted molar refractivity (Wildman–Crippen MR) is 126 cm³/mol. The summed E-state index contributed by atoms with van der Waals surface area (Å²) in [5, 5.41) is 12.3. The number of pyridine rings is 2. The molecule has 166 valence electrons. The Kier molecular flexibility index (Phi) is 6.71. The Hall–Kier alpha value is -3.38. The molecule has 2 heterocycles. The highest BCUT2D eigenvalue weighted by Gasteiger charge is 2.14. The molecule has 0 unspecified atom stereocenters. The Bertz CT molecular complexity index is 1240. The normalized spacial score (nSPS) is 11.1. The van der Waals surface area contributed by atoms with Crippen molar-refractivity contribution < 1.29 is 19.3 Å². The quantitative estimate of drug-likeness (QED) is 0.413. The van der Waals surface area contributed by atoms with Crippen LogP contribution in [-0.2, 0) is 12.8 Å². The number of para-hydroxylation sites is 1. The zero-order chi connectivity index (χ0) is 22.5. The lowest BCUT2D eigenvalue weighted by Crippen LogP contribution is -2.03. The van der Waals surface area contributed by atoms with Crippen LogP contribution in [0.4, 0.5) is 0 Å². The highest BCUT2D eigenvalue weighted by Crippen LogP contribution is 2.36. The van der Waals surface area contributed by atoms with E-state index in [1.54, 1.807) is 14.2 Å². The molecule has 0 radical (unpaired) electrons. The minimum absolute atomic E-state index is 0.0386. The molecule has 2 aromatic heterocycles. The fourth-order valence-electron chi connectivity index (χ4n) is 3.98. The van der Waals surface area contributed by atoms with Gasteiger partial charge in [-0.25, -0.2) is 4.98 Å². The highest BCUT2D eigenvalue weighted by molar-refractivity contribution is 5.91. The van der Waals surface area contributed by atoms with Gasteiger partial charge in [-0.05, 0) is 41.6 Å². The maximum atomic E-state index is 9.12. The summed E-state index contributed by atoms with van der Waals surface area (Å²) >= 11 is 0. The maximum absolute atomic E-state index is 9.12. The topological polar surface area (TPSA) is 73.7 Å². The second-order valence-corrected chi connectivity index (χ2v) is 7.61. The minimum atomic E-state index is -0.0386. The Balaban J connectivity index is 1.80. The molecule has 0 aliphatic carbocycles. The van der Waals surface area contributed by atoms with Crippen molar-refractivity contribution in [3.05, 3.63) is 65.6 Å². The Labute approximate surface area is 187 Å². The van der Waals surface area contributed by atoms with Crippen LogP contribution in [0.15, 0.2) is 48.7 Å². The molecule has 0 saturated heterocycles. The first kappa shape index (κ1) is 21.8. The largest absolute Gasteiger partial charge is 0.493 e. The van der Waals surface area contributed by atoms with E-state index in [9.17, 15) is 0 Å². The van der Waals surface area contributed by atoms with E-state index in [-0.39, 0.29) is 13.2 Å². The van der Waals surface area contributed by atoms with Crippen molar-refractivity contribution >= 4 is 21.7 Å². The van der Waals surface area contributed by atoms with Crippen LogP contribution in [0.2, 0.25) is 0 Å². The number of aliphatic hydroxyl groups excluding tert-OH is 1. The summed E-state index contributed by atoms with van der Waals surface area (Å²) in [5.74, 6) is 2.07. The van der Waals surface area contributed by atoms with Gasteiger partial charge in [-0.15, -0.1) is 0 Å². The smallest absolute Gasteiger partial charge is 0.161 e. The number of nitrogens with zero attached hydrogens (tertiary/aromatic N) is 2. The van der Waals surface area contributed by atoms with Crippen LogP contribution in [0.5, 0.6) is 17.2 Å². The fourth-order valence-corrected chi connectivity index (χ4v) is 3.98. The van der Waals surface area contributed by atoms with E-state index in [1.165, 1.54) is 0 Å². The molecule has 2 aromatic carbocycles. The first-order valence-electron chi connectivity index (χ1n) is 10.8. The van der Waals surface area contributed by atoms with Crippen LogP contribution >= 0.6 is 0 Å². The second-order valence-electron chi connectivity index (χ2n) is 7.61. The molecule has 32 heavy (non-hydrogen) atoms. The van der Waals surface area contributed by atoms with Crippen LogP contribution in [0.3, 0.4) is 0 Å². The molecule has 0 amide bonds. The molecule has 0 fully saturated rings. The van der Waals surface area contributed by atoms with Gasteiger partial charge in [-0.2, -0.15) is 0 Å². The SMILES string of the molecule is CCCc1ncc(Cc2ccc3cccc(OCCO)c3n2)c2cc(OC)c(OC)cc12. The van der Waals surface area contributed by atoms with Crippen LogP contribution in [0.25, 0.3) is 21.7 Å². The van der Waals surface area contributed by atoms with Crippen molar-refractivity contribution in [1.29, 1.82) is 0 Å². The number of aliphatic hydroxyl groups is 1. The first-order chi connectivity index (χ1) is 15.7. The molecule has 4 aromatic rings. The van der Waals surface area contributed by atoms with E-state index in [1.807, 2.05) is 48.7 Å². The molecule has 0 aliphatic heterocycles. The monoisotopic (exact) mass is 432 g/mol. The average molecular weight is 433 g/mol. The van der Waals surface area contributed by atoms with Crippen molar-refractivity contribution in [2.24, 2.45) is 0 Å². The lowest BCUT2D eigenvalue weighted by Gasteiger charge is -2.15. The van der Waals surface area contributed by atoms with Gasteiger partial charge in [-0.3, -0.25) is 4.98 Å². The lowest BCUT2D eigenvalue weighted by atomic mass is 9.99. The summed E-state index contributed by atoms with van der Waals surface area (Å²) in [6.07, 6.45) is 4.47. The van der Waals surface area contributed by atoms with Crippen LogP contribution in [0, 0.1) is 0 Å². The van der Waals surface area contributed by atoms with Gasteiger partial charge >= 0.3 is 0 Å². The number of hydrogen-bond acceptors (Lipinski definition) is 6. The number of aryl methyl sites for hydroxylation is 1. The number of fused-ring (bicyclic) bond motifs is 2. The van der Waals surface area contributed by atoms with E-state index < -0.39 is 0 Å². The fraction of sp³-hybridized carbons (Fsp3) is 0.308.